The minimum Gasteiger partial charge on any atom is -0.493 e. The monoisotopic (exact) mass is 237 g/mol. The Hall–Kier alpha value is -1.42. The predicted molar refractivity (Wildman–Crippen MR) is 73.2 cm³/mol. The van der Waals surface area contributed by atoms with Crippen molar-refractivity contribution < 1.29 is 4.74 Å². The molecule has 0 aliphatic heterocycles. The largest absolute Gasteiger partial charge is 0.493 e. The maximum absolute atomic E-state index is 5.70. The fourth-order valence-corrected chi connectivity index (χ4v) is 1.66. The standard InChI is InChI=1S/C13H23N3O/c1-3-7-16(2)8-4-9-17-11-5-6-12(14)13(15)10-11/h5-6,10H,3-4,7-9,14-15H2,1-2H3. The number of anilines is 2. The van der Waals surface area contributed by atoms with Gasteiger partial charge in [0.15, 0.2) is 0 Å². The van der Waals surface area contributed by atoms with Crippen molar-refractivity contribution >= 4 is 11.4 Å². The van der Waals surface area contributed by atoms with Gasteiger partial charge >= 0.3 is 0 Å². The fourth-order valence-electron chi connectivity index (χ4n) is 1.66. The number of hydrogen-bond acceptors (Lipinski definition) is 4. The lowest BCUT2D eigenvalue weighted by Crippen LogP contribution is -2.21. The molecule has 0 saturated carbocycles. The van der Waals surface area contributed by atoms with Gasteiger partial charge in [-0.15, -0.1) is 0 Å². The molecule has 0 bridgehead atoms. The molecule has 0 aliphatic carbocycles. The van der Waals surface area contributed by atoms with E-state index in [-0.39, 0.29) is 0 Å². The molecule has 17 heavy (non-hydrogen) atoms. The van der Waals surface area contributed by atoms with Crippen molar-refractivity contribution in [2.24, 2.45) is 0 Å². The first kappa shape index (κ1) is 13.6. The molecule has 0 unspecified atom stereocenters. The molecule has 1 aromatic rings. The van der Waals surface area contributed by atoms with E-state index in [1.807, 2.05) is 6.07 Å². The Bertz CT molecular complexity index is 341. The second-order valence-corrected chi connectivity index (χ2v) is 4.30. The molecule has 0 fully saturated rings. The molecular formula is C13H23N3O. The highest BCUT2D eigenvalue weighted by molar-refractivity contribution is 5.65. The van der Waals surface area contributed by atoms with Crippen LogP contribution in [0, 0.1) is 0 Å². The summed E-state index contributed by atoms with van der Waals surface area (Å²) in [5.41, 5.74) is 12.5. The van der Waals surface area contributed by atoms with E-state index in [0.29, 0.717) is 18.0 Å². The summed E-state index contributed by atoms with van der Waals surface area (Å²) in [6.07, 6.45) is 2.20. The summed E-state index contributed by atoms with van der Waals surface area (Å²) in [7, 11) is 2.13. The van der Waals surface area contributed by atoms with Crippen molar-refractivity contribution in [2.45, 2.75) is 19.8 Å². The van der Waals surface area contributed by atoms with E-state index in [1.165, 1.54) is 6.42 Å². The van der Waals surface area contributed by atoms with E-state index in [2.05, 4.69) is 18.9 Å². The number of nitrogens with zero attached hydrogens (tertiary/aromatic N) is 1. The molecule has 1 aromatic carbocycles. The molecule has 0 saturated heterocycles. The van der Waals surface area contributed by atoms with Gasteiger partial charge in [-0.2, -0.15) is 0 Å². The van der Waals surface area contributed by atoms with Crippen LogP contribution in [0.2, 0.25) is 0 Å². The van der Waals surface area contributed by atoms with Gasteiger partial charge in [-0.1, -0.05) is 6.92 Å². The van der Waals surface area contributed by atoms with Gasteiger partial charge in [-0.05, 0) is 38.6 Å². The Morgan fingerprint density at radius 2 is 1.94 bits per heavy atom. The van der Waals surface area contributed by atoms with Gasteiger partial charge in [0.05, 0.1) is 18.0 Å². The van der Waals surface area contributed by atoms with Crippen molar-refractivity contribution in [3.05, 3.63) is 18.2 Å². The molecule has 4 N–H and O–H groups in total. The third-order valence-electron chi connectivity index (χ3n) is 2.62. The molecule has 4 heteroatoms. The minimum atomic E-state index is 0.575. The molecule has 0 spiro atoms. The van der Waals surface area contributed by atoms with Crippen molar-refractivity contribution in [3.8, 4) is 5.75 Å². The summed E-state index contributed by atoms with van der Waals surface area (Å²) in [5, 5.41) is 0. The first-order chi connectivity index (χ1) is 8.13. The van der Waals surface area contributed by atoms with Gasteiger partial charge in [0, 0.05) is 12.6 Å². The van der Waals surface area contributed by atoms with Crippen LogP contribution < -0.4 is 16.2 Å². The van der Waals surface area contributed by atoms with Gasteiger partial charge in [0.2, 0.25) is 0 Å². The zero-order valence-electron chi connectivity index (χ0n) is 10.8. The first-order valence-corrected chi connectivity index (χ1v) is 6.09. The Morgan fingerprint density at radius 1 is 1.18 bits per heavy atom. The number of hydrogen-bond donors (Lipinski definition) is 2. The molecule has 0 heterocycles. The number of benzene rings is 1. The van der Waals surface area contributed by atoms with Crippen LogP contribution in [0.1, 0.15) is 19.8 Å². The molecule has 0 amide bonds. The molecule has 96 valence electrons. The zero-order chi connectivity index (χ0) is 12.7. The molecule has 4 nitrogen and oxygen atoms in total. The smallest absolute Gasteiger partial charge is 0.121 e. The molecule has 0 aromatic heterocycles. The minimum absolute atomic E-state index is 0.575. The van der Waals surface area contributed by atoms with Crippen molar-refractivity contribution in [3.63, 3.8) is 0 Å². The van der Waals surface area contributed by atoms with Crippen LogP contribution in [0.5, 0.6) is 5.75 Å². The van der Waals surface area contributed by atoms with Gasteiger partial charge < -0.3 is 21.1 Å². The quantitative estimate of drug-likeness (QED) is 0.562. The maximum Gasteiger partial charge on any atom is 0.121 e. The lowest BCUT2D eigenvalue weighted by molar-refractivity contribution is 0.263. The molecule has 0 aliphatic rings. The average molecular weight is 237 g/mol. The van der Waals surface area contributed by atoms with E-state index in [9.17, 15) is 0 Å². The topological polar surface area (TPSA) is 64.5 Å². The van der Waals surface area contributed by atoms with Crippen LogP contribution in [-0.2, 0) is 0 Å². The summed E-state index contributed by atoms with van der Waals surface area (Å²) in [5.74, 6) is 0.787. The lowest BCUT2D eigenvalue weighted by atomic mass is 10.2. The molecule has 0 atom stereocenters. The van der Waals surface area contributed by atoms with Crippen molar-refractivity contribution in [2.75, 3.05) is 38.2 Å². The number of ether oxygens (including phenoxy) is 1. The number of nitrogen functional groups attached to an aromatic ring is 2. The van der Waals surface area contributed by atoms with E-state index in [1.54, 1.807) is 12.1 Å². The number of nitrogens with two attached hydrogens (primary N) is 2. The molecule has 1 rings (SSSR count). The molecule has 0 radical (unpaired) electrons. The maximum atomic E-state index is 5.70. The first-order valence-electron chi connectivity index (χ1n) is 6.09. The Labute approximate surface area is 104 Å². The van der Waals surface area contributed by atoms with E-state index >= 15 is 0 Å². The Balaban J connectivity index is 2.24. The Morgan fingerprint density at radius 3 is 2.59 bits per heavy atom. The molecular weight excluding hydrogens is 214 g/mol. The van der Waals surface area contributed by atoms with Crippen molar-refractivity contribution in [1.82, 2.24) is 4.90 Å². The van der Waals surface area contributed by atoms with Crippen LogP contribution in [-0.4, -0.2) is 31.6 Å². The SMILES string of the molecule is CCCN(C)CCCOc1ccc(N)c(N)c1. The van der Waals surface area contributed by atoms with E-state index < -0.39 is 0 Å². The van der Waals surface area contributed by atoms with E-state index in [0.717, 1.165) is 25.3 Å². The third-order valence-corrected chi connectivity index (χ3v) is 2.62. The van der Waals surface area contributed by atoms with Crippen molar-refractivity contribution in [1.29, 1.82) is 0 Å². The zero-order valence-corrected chi connectivity index (χ0v) is 10.8. The predicted octanol–water partition coefficient (Wildman–Crippen LogP) is 1.96. The van der Waals surface area contributed by atoms with Crippen LogP contribution in [0.25, 0.3) is 0 Å². The van der Waals surface area contributed by atoms with Gasteiger partial charge in [0.1, 0.15) is 5.75 Å². The van der Waals surface area contributed by atoms with Crippen LogP contribution in [0.3, 0.4) is 0 Å². The summed E-state index contributed by atoms with van der Waals surface area (Å²) in [4.78, 5) is 2.31. The highest BCUT2D eigenvalue weighted by Gasteiger charge is 1.99. The second-order valence-electron chi connectivity index (χ2n) is 4.30. The summed E-state index contributed by atoms with van der Waals surface area (Å²) in [6, 6.07) is 5.39. The normalized spacial score (nSPS) is 10.8. The highest BCUT2D eigenvalue weighted by Crippen LogP contribution is 2.21. The van der Waals surface area contributed by atoms with Gasteiger partial charge in [0.25, 0.3) is 0 Å². The van der Waals surface area contributed by atoms with Crippen LogP contribution >= 0.6 is 0 Å². The Kier molecular flexibility index (Phi) is 5.63. The van der Waals surface area contributed by atoms with Crippen LogP contribution in [0.4, 0.5) is 11.4 Å². The summed E-state index contributed by atoms with van der Waals surface area (Å²) >= 11 is 0. The van der Waals surface area contributed by atoms with Gasteiger partial charge in [-0.25, -0.2) is 0 Å². The van der Waals surface area contributed by atoms with E-state index in [4.69, 9.17) is 16.2 Å². The third kappa shape index (κ3) is 4.95. The summed E-state index contributed by atoms with van der Waals surface area (Å²) in [6.45, 7) is 5.08. The highest BCUT2D eigenvalue weighted by atomic mass is 16.5. The average Bonchev–Trinajstić information content (AvgIpc) is 2.29. The second kappa shape index (κ2) is 7.01. The number of rotatable bonds is 7. The van der Waals surface area contributed by atoms with Crippen LogP contribution in [0.15, 0.2) is 18.2 Å². The van der Waals surface area contributed by atoms with Gasteiger partial charge in [-0.3, -0.25) is 0 Å². The lowest BCUT2D eigenvalue weighted by Gasteiger charge is -2.15. The summed E-state index contributed by atoms with van der Waals surface area (Å²) < 4.78 is 5.61. The fraction of sp³-hybridized carbons (Fsp3) is 0.538.